The van der Waals surface area contributed by atoms with E-state index in [1.165, 1.54) is 44.9 Å². The molecule has 1 heteroatoms. The molecule has 0 aromatic rings. The van der Waals surface area contributed by atoms with E-state index in [2.05, 4.69) is 13.8 Å². The van der Waals surface area contributed by atoms with Crippen LogP contribution in [0.2, 0.25) is 0 Å². The maximum Gasteiger partial charge on any atom is 0.133 e. The average Bonchev–Trinajstić information content (AvgIpc) is 2.32. The van der Waals surface area contributed by atoms with Crippen molar-refractivity contribution in [1.29, 1.82) is 0 Å². The van der Waals surface area contributed by atoms with Gasteiger partial charge >= 0.3 is 0 Å². The maximum absolute atomic E-state index is 11.6. The largest absolute Gasteiger partial charge is 0.300 e. The first-order valence-corrected chi connectivity index (χ1v) is 7.59. The molecule has 0 unspecified atom stereocenters. The summed E-state index contributed by atoms with van der Waals surface area (Å²) in [6.07, 6.45) is 12.7. The summed E-state index contributed by atoms with van der Waals surface area (Å²) < 4.78 is 0. The van der Waals surface area contributed by atoms with E-state index in [4.69, 9.17) is 0 Å². The van der Waals surface area contributed by atoms with Gasteiger partial charge in [0, 0.05) is 12.8 Å². The van der Waals surface area contributed by atoms with Crippen LogP contribution >= 0.6 is 0 Å². The van der Waals surface area contributed by atoms with Crippen LogP contribution in [0.3, 0.4) is 0 Å². The molecule has 0 aromatic carbocycles. The summed E-state index contributed by atoms with van der Waals surface area (Å²) in [5, 5.41) is 0. The molecule has 0 saturated heterocycles. The number of hydrogen-bond donors (Lipinski definition) is 0. The Bertz CT molecular complexity index is 261. The molecule has 0 radical (unpaired) electrons. The molecular weight excluding hydrogens is 208 g/mol. The summed E-state index contributed by atoms with van der Waals surface area (Å²) in [5.41, 5.74) is 0.405. The van der Waals surface area contributed by atoms with Crippen LogP contribution in [0.15, 0.2) is 0 Å². The highest BCUT2D eigenvalue weighted by Crippen LogP contribution is 2.43. The normalized spacial score (nSPS) is 30.5. The Kier molecular flexibility index (Phi) is 4.27. The second kappa shape index (κ2) is 5.54. The van der Waals surface area contributed by atoms with Gasteiger partial charge in [-0.15, -0.1) is 0 Å². The van der Waals surface area contributed by atoms with Gasteiger partial charge in [-0.3, -0.25) is 4.79 Å². The predicted octanol–water partition coefficient (Wildman–Crippen LogP) is 4.74. The second-order valence-corrected chi connectivity index (χ2v) is 7.01. The molecule has 0 spiro atoms. The lowest BCUT2D eigenvalue weighted by molar-refractivity contribution is -0.124. The van der Waals surface area contributed by atoms with Gasteiger partial charge in [-0.1, -0.05) is 52.4 Å². The number of Topliss-reactive ketones (excluding diaryl/α,β-unsaturated/α-hetero) is 1. The topological polar surface area (TPSA) is 17.1 Å². The lowest BCUT2D eigenvalue weighted by atomic mass is 9.66. The third-order valence-electron chi connectivity index (χ3n) is 5.28. The standard InChI is InChI=1S/C16H28O/c1-16(2)11-10-15(17)12-14(16)9-8-13-6-4-3-5-7-13/h13-14H,3-12H2,1-2H3/t14-/m0/s1. The number of hydrogen-bond acceptors (Lipinski definition) is 1. The zero-order valence-electron chi connectivity index (χ0n) is 11.6. The first kappa shape index (κ1) is 13.1. The van der Waals surface area contributed by atoms with Crippen molar-refractivity contribution in [3.05, 3.63) is 0 Å². The van der Waals surface area contributed by atoms with E-state index in [-0.39, 0.29) is 0 Å². The third kappa shape index (κ3) is 3.56. The van der Waals surface area contributed by atoms with Crippen LogP contribution in [0, 0.1) is 17.3 Å². The summed E-state index contributed by atoms with van der Waals surface area (Å²) in [6, 6.07) is 0. The van der Waals surface area contributed by atoms with Gasteiger partial charge < -0.3 is 0 Å². The van der Waals surface area contributed by atoms with Crippen molar-refractivity contribution in [1.82, 2.24) is 0 Å². The van der Waals surface area contributed by atoms with E-state index in [1.54, 1.807) is 0 Å². The van der Waals surface area contributed by atoms with E-state index in [0.717, 1.165) is 25.2 Å². The van der Waals surface area contributed by atoms with Crippen molar-refractivity contribution in [2.75, 3.05) is 0 Å². The number of carbonyl (C=O) groups is 1. The molecule has 2 saturated carbocycles. The molecule has 0 aliphatic heterocycles. The highest BCUT2D eigenvalue weighted by atomic mass is 16.1. The lowest BCUT2D eigenvalue weighted by Gasteiger charge is -2.39. The van der Waals surface area contributed by atoms with Gasteiger partial charge in [0.1, 0.15) is 5.78 Å². The SMILES string of the molecule is CC1(C)CCC(=O)C[C@@H]1CCC1CCCCC1. The molecule has 2 aliphatic rings. The van der Waals surface area contributed by atoms with Gasteiger partial charge in [-0.2, -0.15) is 0 Å². The summed E-state index contributed by atoms with van der Waals surface area (Å²) >= 11 is 0. The Morgan fingerprint density at radius 3 is 2.53 bits per heavy atom. The molecule has 17 heavy (non-hydrogen) atoms. The van der Waals surface area contributed by atoms with Crippen LogP contribution < -0.4 is 0 Å². The molecule has 2 fully saturated rings. The summed E-state index contributed by atoms with van der Waals surface area (Å²) in [5.74, 6) is 2.14. The molecule has 0 amide bonds. The first-order chi connectivity index (χ1) is 8.08. The minimum Gasteiger partial charge on any atom is -0.300 e. The van der Waals surface area contributed by atoms with Crippen LogP contribution in [0.4, 0.5) is 0 Å². The van der Waals surface area contributed by atoms with Gasteiger partial charge in [-0.05, 0) is 30.1 Å². The smallest absolute Gasteiger partial charge is 0.133 e. The van der Waals surface area contributed by atoms with Crippen molar-refractivity contribution in [2.45, 2.75) is 78.1 Å². The van der Waals surface area contributed by atoms with Crippen LogP contribution in [-0.4, -0.2) is 5.78 Å². The van der Waals surface area contributed by atoms with E-state index < -0.39 is 0 Å². The van der Waals surface area contributed by atoms with Crippen molar-refractivity contribution in [2.24, 2.45) is 17.3 Å². The lowest BCUT2D eigenvalue weighted by Crippen LogP contribution is -2.32. The quantitative estimate of drug-likeness (QED) is 0.691. The molecule has 0 heterocycles. The highest BCUT2D eigenvalue weighted by molar-refractivity contribution is 5.79. The summed E-state index contributed by atoms with van der Waals surface area (Å²) in [4.78, 5) is 11.6. The molecule has 2 rings (SSSR count). The van der Waals surface area contributed by atoms with Crippen molar-refractivity contribution in [3.8, 4) is 0 Å². The van der Waals surface area contributed by atoms with Gasteiger partial charge in [0.15, 0.2) is 0 Å². The summed E-state index contributed by atoms with van der Waals surface area (Å²) in [7, 11) is 0. The Labute approximate surface area is 106 Å². The second-order valence-electron chi connectivity index (χ2n) is 7.01. The van der Waals surface area contributed by atoms with E-state index >= 15 is 0 Å². The molecular formula is C16H28O. The summed E-state index contributed by atoms with van der Waals surface area (Å²) in [6.45, 7) is 4.73. The van der Waals surface area contributed by atoms with Gasteiger partial charge in [0.05, 0.1) is 0 Å². The minimum absolute atomic E-state index is 0.405. The fraction of sp³-hybridized carbons (Fsp3) is 0.938. The molecule has 1 atom stereocenters. The zero-order chi connectivity index (χ0) is 12.3. The molecule has 0 bridgehead atoms. The number of rotatable bonds is 3. The van der Waals surface area contributed by atoms with Crippen LogP contribution in [-0.2, 0) is 4.79 Å². The average molecular weight is 236 g/mol. The molecule has 98 valence electrons. The first-order valence-electron chi connectivity index (χ1n) is 7.59. The van der Waals surface area contributed by atoms with E-state index in [0.29, 0.717) is 17.1 Å². The van der Waals surface area contributed by atoms with Gasteiger partial charge in [0.25, 0.3) is 0 Å². The van der Waals surface area contributed by atoms with Gasteiger partial charge in [0.2, 0.25) is 0 Å². The van der Waals surface area contributed by atoms with E-state index in [9.17, 15) is 4.79 Å². The Morgan fingerprint density at radius 1 is 1.12 bits per heavy atom. The Hall–Kier alpha value is -0.330. The fourth-order valence-electron chi connectivity index (χ4n) is 3.72. The Morgan fingerprint density at radius 2 is 1.82 bits per heavy atom. The van der Waals surface area contributed by atoms with E-state index in [1.807, 2.05) is 0 Å². The minimum atomic E-state index is 0.405. The Balaban J connectivity index is 1.81. The van der Waals surface area contributed by atoms with Gasteiger partial charge in [-0.25, -0.2) is 0 Å². The van der Waals surface area contributed by atoms with Crippen molar-refractivity contribution >= 4 is 5.78 Å². The fourth-order valence-corrected chi connectivity index (χ4v) is 3.72. The number of ketones is 1. The molecule has 2 aliphatic carbocycles. The maximum atomic E-state index is 11.6. The molecule has 0 N–H and O–H groups in total. The predicted molar refractivity (Wildman–Crippen MR) is 71.9 cm³/mol. The van der Waals surface area contributed by atoms with Crippen molar-refractivity contribution in [3.63, 3.8) is 0 Å². The zero-order valence-corrected chi connectivity index (χ0v) is 11.6. The molecule has 0 aromatic heterocycles. The van der Waals surface area contributed by atoms with Crippen molar-refractivity contribution < 1.29 is 4.79 Å². The third-order valence-corrected chi connectivity index (χ3v) is 5.28. The monoisotopic (exact) mass is 236 g/mol. The molecule has 1 nitrogen and oxygen atoms in total. The highest BCUT2D eigenvalue weighted by Gasteiger charge is 2.35. The van der Waals surface area contributed by atoms with Crippen LogP contribution in [0.5, 0.6) is 0 Å². The van der Waals surface area contributed by atoms with Crippen LogP contribution in [0.25, 0.3) is 0 Å². The number of carbonyl (C=O) groups excluding carboxylic acids is 1. The van der Waals surface area contributed by atoms with Crippen LogP contribution in [0.1, 0.15) is 78.1 Å².